The quantitative estimate of drug-likeness (QED) is 0.569. The lowest BCUT2D eigenvalue weighted by Gasteiger charge is -2.28. The van der Waals surface area contributed by atoms with Crippen molar-refractivity contribution in [2.24, 2.45) is 17.8 Å². The van der Waals surface area contributed by atoms with E-state index in [2.05, 4.69) is 10.6 Å². The summed E-state index contributed by atoms with van der Waals surface area (Å²) in [5.41, 5.74) is 0. The lowest BCUT2D eigenvalue weighted by molar-refractivity contribution is -0.139. The van der Waals surface area contributed by atoms with Crippen molar-refractivity contribution in [3.8, 4) is 0 Å². The maximum Gasteiger partial charge on any atom is 0.309 e. The summed E-state index contributed by atoms with van der Waals surface area (Å²) in [6.45, 7) is 2.80. The van der Waals surface area contributed by atoms with Crippen LogP contribution in [0.15, 0.2) is 0 Å². The van der Waals surface area contributed by atoms with Gasteiger partial charge in [-0.3, -0.25) is 9.59 Å². The first-order chi connectivity index (χ1) is 9.11. The van der Waals surface area contributed by atoms with Crippen molar-refractivity contribution in [3.63, 3.8) is 0 Å². The second-order valence-electron chi connectivity index (χ2n) is 5.85. The molecule has 0 spiro atoms. The fourth-order valence-corrected chi connectivity index (χ4v) is 3.63. The molecule has 0 aromatic rings. The number of rotatable bonds is 5. The Morgan fingerprint density at radius 1 is 1.26 bits per heavy atom. The summed E-state index contributed by atoms with van der Waals surface area (Å²) in [4.78, 5) is 23.3. The van der Waals surface area contributed by atoms with Crippen LogP contribution in [-0.2, 0) is 14.3 Å². The van der Waals surface area contributed by atoms with Gasteiger partial charge in [0.25, 0.3) is 0 Å². The largest absolute Gasteiger partial charge is 0.383 e. The summed E-state index contributed by atoms with van der Waals surface area (Å²) in [7, 11) is 1.56. The minimum Gasteiger partial charge on any atom is -0.383 e. The summed E-state index contributed by atoms with van der Waals surface area (Å²) in [6.07, 6.45) is 5.15. The molecule has 2 saturated carbocycles. The zero-order valence-corrected chi connectivity index (χ0v) is 11.8. The molecule has 2 rings (SSSR count). The van der Waals surface area contributed by atoms with Crippen LogP contribution >= 0.6 is 0 Å². The summed E-state index contributed by atoms with van der Waals surface area (Å²) in [6, 6.07) is 0.0935. The number of fused-ring (bicyclic) bond motifs is 2. The maximum absolute atomic E-state index is 11.7. The van der Waals surface area contributed by atoms with Gasteiger partial charge in [0.1, 0.15) is 0 Å². The van der Waals surface area contributed by atoms with Gasteiger partial charge in [0.2, 0.25) is 0 Å². The van der Waals surface area contributed by atoms with Crippen LogP contribution in [0.3, 0.4) is 0 Å². The van der Waals surface area contributed by atoms with Crippen molar-refractivity contribution < 1.29 is 14.3 Å². The number of methoxy groups -OCH3 is 1. The number of hydrogen-bond acceptors (Lipinski definition) is 3. The molecule has 0 aromatic heterocycles. The minimum atomic E-state index is -0.563. The molecule has 108 valence electrons. The Balaban J connectivity index is 1.74. The molecule has 0 saturated heterocycles. The lowest BCUT2D eigenvalue weighted by atomic mass is 9.84. The molecule has 4 unspecified atom stereocenters. The van der Waals surface area contributed by atoms with Crippen LogP contribution in [0.4, 0.5) is 0 Å². The highest BCUT2D eigenvalue weighted by Crippen LogP contribution is 2.49. The smallest absolute Gasteiger partial charge is 0.309 e. The Labute approximate surface area is 114 Å². The second-order valence-corrected chi connectivity index (χ2v) is 5.85. The molecule has 19 heavy (non-hydrogen) atoms. The van der Waals surface area contributed by atoms with Crippen LogP contribution in [0.1, 0.15) is 32.6 Å². The minimum absolute atomic E-state index is 0.0935. The van der Waals surface area contributed by atoms with E-state index in [0.29, 0.717) is 19.1 Å². The first-order valence-corrected chi connectivity index (χ1v) is 7.19. The molecule has 2 aliphatic rings. The third kappa shape index (κ3) is 3.47. The molecule has 0 heterocycles. The van der Waals surface area contributed by atoms with Crippen molar-refractivity contribution in [2.45, 2.75) is 38.6 Å². The molecule has 0 aliphatic heterocycles. The Hall–Kier alpha value is -1.10. The molecular weight excluding hydrogens is 244 g/mol. The zero-order chi connectivity index (χ0) is 13.8. The van der Waals surface area contributed by atoms with Gasteiger partial charge in [0.05, 0.1) is 6.61 Å². The Bertz CT molecular complexity index is 346. The fraction of sp³-hybridized carbons (Fsp3) is 0.857. The normalized spacial score (nSPS) is 30.1. The Morgan fingerprint density at radius 3 is 2.63 bits per heavy atom. The van der Waals surface area contributed by atoms with Gasteiger partial charge in [-0.1, -0.05) is 6.42 Å². The van der Waals surface area contributed by atoms with Gasteiger partial charge in [-0.05, 0) is 43.9 Å². The van der Waals surface area contributed by atoms with Crippen molar-refractivity contribution in [1.29, 1.82) is 0 Å². The van der Waals surface area contributed by atoms with Crippen molar-refractivity contribution in [3.05, 3.63) is 0 Å². The molecule has 2 N–H and O–H groups in total. The molecule has 0 aromatic carbocycles. The number of ether oxygens (including phenoxy) is 1. The number of carbonyl (C=O) groups is 2. The van der Waals surface area contributed by atoms with Crippen LogP contribution in [0, 0.1) is 17.8 Å². The van der Waals surface area contributed by atoms with Gasteiger partial charge in [-0.25, -0.2) is 0 Å². The lowest BCUT2D eigenvalue weighted by Crippen LogP contribution is -2.47. The average Bonchev–Trinajstić information content (AvgIpc) is 3.01. The van der Waals surface area contributed by atoms with Gasteiger partial charge in [-0.2, -0.15) is 0 Å². The topological polar surface area (TPSA) is 67.4 Å². The van der Waals surface area contributed by atoms with Gasteiger partial charge < -0.3 is 15.4 Å². The third-order valence-corrected chi connectivity index (χ3v) is 4.59. The molecule has 5 heteroatoms. The summed E-state index contributed by atoms with van der Waals surface area (Å²) >= 11 is 0. The van der Waals surface area contributed by atoms with Crippen molar-refractivity contribution in [1.82, 2.24) is 10.6 Å². The van der Waals surface area contributed by atoms with Gasteiger partial charge in [-0.15, -0.1) is 0 Å². The molecule has 4 atom stereocenters. The van der Waals surface area contributed by atoms with E-state index < -0.39 is 11.8 Å². The van der Waals surface area contributed by atoms with E-state index in [4.69, 9.17) is 4.74 Å². The Morgan fingerprint density at radius 2 is 2.05 bits per heavy atom. The van der Waals surface area contributed by atoms with E-state index in [0.717, 1.165) is 11.8 Å². The molecule has 2 amide bonds. The zero-order valence-electron chi connectivity index (χ0n) is 11.8. The van der Waals surface area contributed by atoms with E-state index >= 15 is 0 Å². The van der Waals surface area contributed by atoms with Gasteiger partial charge >= 0.3 is 11.8 Å². The third-order valence-electron chi connectivity index (χ3n) is 4.59. The molecule has 2 fully saturated rings. The Kier molecular flexibility index (Phi) is 4.80. The highest BCUT2D eigenvalue weighted by molar-refractivity contribution is 6.35. The molecule has 5 nitrogen and oxygen atoms in total. The molecular formula is C14H24N2O3. The monoisotopic (exact) mass is 268 g/mol. The predicted molar refractivity (Wildman–Crippen MR) is 71.4 cm³/mol. The summed E-state index contributed by atoms with van der Waals surface area (Å²) in [5.74, 6) is 1.06. The van der Waals surface area contributed by atoms with Crippen LogP contribution in [0.2, 0.25) is 0 Å². The molecule has 2 bridgehead atoms. The second kappa shape index (κ2) is 6.37. The van der Waals surface area contributed by atoms with Crippen LogP contribution in [-0.4, -0.2) is 38.1 Å². The number of nitrogens with one attached hydrogen (secondary N) is 2. The highest BCUT2D eigenvalue weighted by atomic mass is 16.5. The van der Waals surface area contributed by atoms with E-state index in [1.807, 2.05) is 6.92 Å². The SMILES string of the molecule is COCCNC(=O)C(=O)NC(C)C1CC2CCC1C2. The van der Waals surface area contributed by atoms with Crippen LogP contribution in [0.5, 0.6) is 0 Å². The maximum atomic E-state index is 11.7. The number of carbonyl (C=O) groups excluding carboxylic acids is 2. The number of amides is 2. The van der Waals surface area contributed by atoms with Crippen LogP contribution in [0.25, 0.3) is 0 Å². The van der Waals surface area contributed by atoms with E-state index in [-0.39, 0.29) is 6.04 Å². The predicted octanol–water partition coefficient (Wildman–Crippen LogP) is 0.690. The van der Waals surface area contributed by atoms with Gasteiger partial charge in [0, 0.05) is 19.7 Å². The average molecular weight is 268 g/mol. The van der Waals surface area contributed by atoms with Gasteiger partial charge in [0.15, 0.2) is 0 Å². The van der Waals surface area contributed by atoms with E-state index in [9.17, 15) is 9.59 Å². The first-order valence-electron chi connectivity index (χ1n) is 7.19. The summed E-state index contributed by atoms with van der Waals surface area (Å²) < 4.78 is 4.82. The first kappa shape index (κ1) is 14.3. The van der Waals surface area contributed by atoms with Crippen molar-refractivity contribution >= 4 is 11.8 Å². The van der Waals surface area contributed by atoms with E-state index in [1.165, 1.54) is 25.7 Å². The molecule has 2 aliphatic carbocycles. The van der Waals surface area contributed by atoms with Crippen LogP contribution < -0.4 is 10.6 Å². The summed E-state index contributed by atoms with van der Waals surface area (Å²) in [5, 5.41) is 5.38. The van der Waals surface area contributed by atoms with E-state index in [1.54, 1.807) is 7.11 Å². The fourth-order valence-electron chi connectivity index (χ4n) is 3.63. The molecule has 0 radical (unpaired) electrons. The van der Waals surface area contributed by atoms with Crippen molar-refractivity contribution in [2.75, 3.05) is 20.3 Å². The standard InChI is InChI=1S/C14H24N2O3/c1-9(12-8-10-3-4-11(12)7-10)16-14(18)13(17)15-5-6-19-2/h9-12H,3-8H2,1-2H3,(H,15,17)(H,16,18). The number of hydrogen-bond donors (Lipinski definition) is 2. The highest BCUT2D eigenvalue weighted by Gasteiger charge is 2.42.